The molecule has 0 radical (unpaired) electrons. The van der Waals surface area contributed by atoms with E-state index in [0.717, 1.165) is 15.7 Å². The number of hydrogen-bond donors (Lipinski definition) is 1. The van der Waals surface area contributed by atoms with Gasteiger partial charge in [-0.2, -0.15) is 4.52 Å². The summed E-state index contributed by atoms with van der Waals surface area (Å²) >= 11 is 4.63. The van der Waals surface area contributed by atoms with Crippen molar-refractivity contribution < 1.29 is 4.79 Å². The van der Waals surface area contributed by atoms with Crippen molar-refractivity contribution in [3.63, 3.8) is 0 Å². The van der Waals surface area contributed by atoms with Gasteiger partial charge in [-0.3, -0.25) is 4.79 Å². The van der Waals surface area contributed by atoms with Crippen molar-refractivity contribution in [3.8, 4) is 0 Å². The summed E-state index contributed by atoms with van der Waals surface area (Å²) in [6.45, 7) is 3.76. The van der Waals surface area contributed by atoms with Crippen LogP contribution in [-0.2, 0) is 0 Å². The minimum absolute atomic E-state index is 0.248. The summed E-state index contributed by atoms with van der Waals surface area (Å²) in [6.07, 6.45) is 0. The Hall–Kier alpha value is -1.80. The van der Waals surface area contributed by atoms with Crippen LogP contribution < -0.4 is 5.32 Å². The maximum Gasteiger partial charge on any atom is 0.286 e. The topological polar surface area (TPSA) is 72.2 Å². The minimum atomic E-state index is -0.248. The van der Waals surface area contributed by atoms with Gasteiger partial charge in [-0.15, -0.1) is 15.3 Å². The van der Waals surface area contributed by atoms with Gasteiger partial charge in [0, 0.05) is 10.2 Å². The molecular weight excluding hydrogens is 342 g/mol. The molecule has 0 aliphatic heterocycles. The number of amides is 1. The molecule has 0 spiro atoms. The van der Waals surface area contributed by atoms with E-state index in [1.54, 1.807) is 11.4 Å². The highest BCUT2D eigenvalue weighted by atomic mass is 79.9. The van der Waals surface area contributed by atoms with Crippen molar-refractivity contribution in [1.82, 2.24) is 19.8 Å². The molecule has 102 valence electrons. The van der Waals surface area contributed by atoms with Crippen LogP contribution in [0, 0.1) is 13.8 Å². The molecule has 1 N–H and O–H groups in total. The predicted octanol–water partition coefficient (Wildman–Crippen LogP) is 2.82. The van der Waals surface area contributed by atoms with Crippen molar-refractivity contribution in [3.05, 3.63) is 39.1 Å². The molecule has 8 heteroatoms. The highest BCUT2D eigenvalue weighted by molar-refractivity contribution is 9.10. The monoisotopic (exact) mass is 351 g/mol. The van der Waals surface area contributed by atoms with Crippen LogP contribution in [0.5, 0.6) is 0 Å². The largest absolute Gasteiger partial charge is 0.320 e. The van der Waals surface area contributed by atoms with Gasteiger partial charge in [0.1, 0.15) is 0 Å². The van der Waals surface area contributed by atoms with E-state index in [1.807, 2.05) is 25.1 Å². The van der Waals surface area contributed by atoms with Crippen LogP contribution in [0.4, 0.5) is 5.69 Å². The van der Waals surface area contributed by atoms with Gasteiger partial charge in [0.25, 0.3) is 5.91 Å². The number of anilines is 1. The van der Waals surface area contributed by atoms with E-state index in [2.05, 4.69) is 36.5 Å². The van der Waals surface area contributed by atoms with Crippen LogP contribution in [0.25, 0.3) is 4.96 Å². The van der Waals surface area contributed by atoms with E-state index in [0.29, 0.717) is 15.8 Å². The zero-order valence-corrected chi connectivity index (χ0v) is 13.1. The molecule has 1 aromatic carbocycles. The van der Waals surface area contributed by atoms with E-state index in [-0.39, 0.29) is 5.91 Å². The molecule has 1 amide bonds. The summed E-state index contributed by atoms with van der Waals surface area (Å²) in [7, 11) is 0. The summed E-state index contributed by atoms with van der Waals surface area (Å²) < 4.78 is 2.57. The van der Waals surface area contributed by atoms with Gasteiger partial charge in [0.2, 0.25) is 9.97 Å². The molecule has 3 rings (SSSR count). The van der Waals surface area contributed by atoms with Crippen LogP contribution in [0.15, 0.2) is 22.7 Å². The molecular formula is C12H10BrN5OS. The Morgan fingerprint density at radius 3 is 2.85 bits per heavy atom. The predicted molar refractivity (Wildman–Crippen MR) is 80.2 cm³/mol. The zero-order valence-electron chi connectivity index (χ0n) is 10.7. The standard InChI is InChI=1S/C12H10BrN5OS/c1-6-5-8(3-4-9(6)13)14-10(19)11-17-18-7(2)15-16-12(18)20-11/h3-5H,1-2H3,(H,14,19). The second kappa shape index (κ2) is 4.95. The van der Waals surface area contributed by atoms with Gasteiger partial charge in [0.15, 0.2) is 5.82 Å². The molecule has 2 aromatic heterocycles. The van der Waals surface area contributed by atoms with Crippen molar-refractivity contribution in [2.24, 2.45) is 0 Å². The number of benzene rings is 1. The number of carbonyl (C=O) groups excluding carboxylic acids is 1. The van der Waals surface area contributed by atoms with E-state index in [9.17, 15) is 4.79 Å². The molecule has 0 bridgehead atoms. The second-order valence-electron chi connectivity index (χ2n) is 4.27. The lowest BCUT2D eigenvalue weighted by Gasteiger charge is -2.05. The average molecular weight is 352 g/mol. The molecule has 0 saturated carbocycles. The first kappa shape index (κ1) is 13.2. The Kier molecular flexibility index (Phi) is 3.27. The van der Waals surface area contributed by atoms with Crippen LogP contribution in [0.2, 0.25) is 0 Å². The third-order valence-electron chi connectivity index (χ3n) is 2.76. The fourth-order valence-electron chi connectivity index (χ4n) is 1.71. The number of halogens is 1. The highest BCUT2D eigenvalue weighted by Gasteiger charge is 2.15. The molecule has 0 aliphatic rings. The van der Waals surface area contributed by atoms with Gasteiger partial charge in [-0.1, -0.05) is 27.3 Å². The summed E-state index contributed by atoms with van der Waals surface area (Å²) in [5.41, 5.74) is 1.79. The number of nitrogens with zero attached hydrogens (tertiary/aromatic N) is 4. The number of nitrogens with one attached hydrogen (secondary N) is 1. The fourth-order valence-corrected chi connectivity index (χ4v) is 2.74. The molecule has 0 atom stereocenters. The molecule has 6 nitrogen and oxygen atoms in total. The summed E-state index contributed by atoms with van der Waals surface area (Å²) in [6, 6.07) is 5.63. The van der Waals surface area contributed by atoms with E-state index >= 15 is 0 Å². The number of fused-ring (bicyclic) bond motifs is 1. The van der Waals surface area contributed by atoms with Crippen LogP contribution in [-0.4, -0.2) is 25.7 Å². The van der Waals surface area contributed by atoms with Gasteiger partial charge in [-0.25, -0.2) is 0 Å². The smallest absolute Gasteiger partial charge is 0.286 e. The molecule has 0 unspecified atom stereocenters. The molecule has 2 heterocycles. The minimum Gasteiger partial charge on any atom is -0.320 e. The van der Waals surface area contributed by atoms with E-state index in [1.165, 1.54) is 11.3 Å². The Morgan fingerprint density at radius 2 is 2.15 bits per heavy atom. The lowest BCUT2D eigenvalue weighted by molar-refractivity contribution is 0.102. The van der Waals surface area contributed by atoms with Crippen LogP contribution in [0.3, 0.4) is 0 Å². The van der Waals surface area contributed by atoms with Gasteiger partial charge >= 0.3 is 0 Å². The molecule has 0 saturated heterocycles. The average Bonchev–Trinajstić information content (AvgIpc) is 2.97. The van der Waals surface area contributed by atoms with E-state index < -0.39 is 0 Å². The van der Waals surface area contributed by atoms with Crippen LogP contribution >= 0.6 is 27.3 Å². The first-order valence-corrected chi connectivity index (χ1v) is 7.42. The number of rotatable bonds is 2. The maximum absolute atomic E-state index is 12.2. The third kappa shape index (κ3) is 2.32. The zero-order chi connectivity index (χ0) is 14.3. The Morgan fingerprint density at radius 1 is 1.35 bits per heavy atom. The Bertz CT molecular complexity index is 809. The second-order valence-corrected chi connectivity index (χ2v) is 6.08. The molecule has 0 aliphatic carbocycles. The molecule has 0 fully saturated rings. The maximum atomic E-state index is 12.2. The number of hydrogen-bond acceptors (Lipinski definition) is 5. The summed E-state index contributed by atoms with van der Waals surface area (Å²) in [4.78, 5) is 12.8. The van der Waals surface area contributed by atoms with Crippen molar-refractivity contribution in [2.75, 3.05) is 5.32 Å². The lowest BCUT2D eigenvalue weighted by atomic mass is 10.2. The highest BCUT2D eigenvalue weighted by Crippen LogP contribution is 2.21. The van der Waals surface area contributed by atoms with Crippen molar-refractivity contribution in [2.45, 2.75) is 13.8 Å². The quantitative estimate of drug-likeness (QED) is 0.770. The fraction of sp³-hybridized carbons (Fsp3) is 0.167. The molecule has 3 aromatic rings. The number of aryl methyl sites for hydroxylation is 2. The van der Waals surface area contributed by atoms with Gasteiger partial charge in [0.05, 0.1) is 0 Å². The number of carbonyl (C=O) groups is 1. The third-order valence-corrected chi connectivity index (χ3v) is 4.54. The summed E-state index contributed by atoms with van der Waals surface area (Å²) in [5.74, 6) is 0.413. The SMILES string of the molecule is Cc1cc(NC(=O)c2nn3c(C)nnc3s2)ccc1Br. The first-order valence-electron chi connectivity index (χ1n) is 5.81. The molecule has 20 heavy (non-hydrogen) atoms. The number of aromatic nitrogens is 4. The van der Waals surface area contributed by atoms with Gasteiger partial charge < -0.3 is 5.32 Å². The Labute approximate surface area is 127 Å². The first-order chi connectivity index (χ1) is 9.54. The van der Waals surface area contributed by atoms with Crippen molar-refractivity contribution in [1.29, 1.82) is 0 Å². The normalized spacial score (nSPS) is 10.9. The summed E-state index contributed by atoms with van der Waals surface area (Å²) in [5, 5.41) is 15.2. The van der Waals surface area contributed by atoms with Crippen LogP contribution in [0.1, 0.15) is 21.2 Å². The Balaban J connectivity index is 1.86. The van der Waals surface area contributed by atoms with Gasteiger partial charge in [-0.05, 0) is 37.6 Å². The van der Waals surface area contributed by atoms with Crippen molar-refractivity contribution >= 4 is 43.8 Å². The van der Waals surface area contributed by atoms with E-state index in [4.69, 9.17) is 0 Å². The lowest BCUT2D eigenvalue weighted by Crippen LogP contribution is -2.12.